The van der Waals surface area contributed by atoms with Crippen molar-refractivity contribution in [2.24, 2.45) is 0 Å². The number of hydrazine groups is 1. The molecule has 1 aliphatic rings. The van der Waals surface area contributed by atoms with Gasteiger partial charge in [-0.15, -0.1) is 11.3 Å². The molecule has 6 nitrogen and oxygen atoms in total. The molecule has 3 N–H and O–H groups in total. The summed E-state index contributed by atoms with van der Waals surface area (Å²) >= 11 is 1.46. The number of hydrogen-bond acceptors (Lipinski definition) is 4. The summed E-state index contributed by atoms with van der Waals surface area (Å²) in [6, 6.07) is 7.28. The number of benzene rings is 1. The predicted molar refractivity (Wildman–Crippen MR) is 106 cm³/mol. The molecule has 1 aromatic carbocycles. The molecule has 2 aromatic rings. The van der Waals surface area contributed by atoms with Crippen LogP contribution in [0, 0.1) is 6.92 Å². The van der Waals surface area contributed by atoms with Crippen molar-refractivity contribution < 1.29 is 14.4 Å². The fraction of sp³-hybridized carbons (Fsp3) is 0.350. The van der Waals surface area contributed by atoms with Crippen molar-refractivity contribution in [1.82, 2.24) is 10.9 Å². The van der Waals surface area contributed by atoms with E-state index in [0.29, 0.717) is 16.1 Å². The van der Waals surface area contributed by atoms with E-state index in [4.69, 9.17) is 0 Å². The van der Waals surface area contributed by atoms with E-state index < -0.39 is 5.91 Å². The molecular formula is C20H23N3O3S. The topological polar surface area (TPSA) is 87.3 Å². The lowest BCUT2D eigenvalue weighted by molar-refractivity contribution is -0.119. The van der Waals surface area contributed by atoms with Gasteiger partial charge in [0.2, 0.25) is 5.91 Å². The third kappa shape index (κ3) is 4.54. The van der Waals surface area contributed by atoms with E-state index in [0.717, 1.165) is 48.1 Å². The Morgan fingerprint density at radius 3 is 2.33 bits per heavy atom. The van der Waals surface area contributed by atoms with Gasteiger partial charge in [-0.3, -0.25) is 25.2 Å². The lowest BCUT2D eigenvalue weighted by atomic mass is 10.0. The third-order valence-corrected chi connectivity index (χ3v) is 5.75. The molecular weight excluding hydrogens is 362 g/mol. The number of anilines is 1. The van der Waals surface area contributed by atoms with Crippen LogP contribution in [0.3, 0.4) is 0 Å². The molecule has 27 heavy (non-hydrogen) atoms. The lowest BCUT2D eigenvalue weighted by Gasteiger charge is -2.10. The van der Waals surface area contributed by atoms with Crippen LogP contribution in [0.2, 0.25) is 0 Å². The molecule has 0 saturated carbocycles. The Hall–Kier alpha value is -2.67. The number of carbonyl (C=O) groups excluding carboxylic acids is 3. The molecule has 0 aliphatic heterocycles. The molecule has 142 valence electrons. The number of nitrogens with one attached hydrogen (secondary N) is 3. The van der Waals surface area contributed by atoms with Crippen molar-refractivity contribution >= 4 is 34.1 Å². The maximum Gasteiger partial charge on any atom is 0.272 e. The molecule has 1 aliphatic carbocycles. The maximum atomic E-state index is 12.7. The minimum atomic E-state index is -0.399. The van der Waals surface area contributed by atoms with Crippen LogP contribution >= 0.6 is 11.3 Å². The second kappa shape index (κ2) is 8.35. The molecule has 3 amide bonds. The van der Waals surface area contributed by atoms with Crippen molar-refractivity contribution in [3.05, 3.63) is 51.4 Å². The second-order valence-electron chi connectivity index (χ2n) is 6.72. The molecule has 0 bridgehead atoms. The van der Waals surface area contributed by atoms with Gasteiger partial charge >= 0.3 is 0 Å². The molecule has 0 spiro atoms. The summed E-state index contributed by atoms with van der Waals surface area (Å²) in [4.78, 5) is 37.6. The van der Waals surface area contributed by atoms with Crippen molar-refractivity contribution in [3.8, 4) is 0 Å². The summed E-state index contributed by atoms with van der Waals surface area (Å²) in [7, 11) is 0. The van der Waals surface area contributed by atoms with Gasteiger partial charge in [-0.05, 0) is 50.3 Å². The smallest absolute Gasteiger partial charge is 0.272 e. The normalized spacial score (nSPS) is 13.3. The van der Waals surface area contributed by atoms with Crippen LogP contribution < -0.4 is 16.2 Å². The molecule has 0 atom stereocenters. The fourth-order valence-corrected chi connectivity index (χ4v) is 4.44. The summed E-state index contributed by atoms with van der Waals surface area (Å²) in [5.41, 5.74) is 7.82. The first-order valence-corrected chi connectivity index (χ1v) is 9.87. The van der Waals surface area contributed by atoms with Crippen LogP contribution in [0.5, 0.6) is 0 Å². The Morgan fingerprint density at radius 2 is 1.63 bits per heavy atom. The number of carbonyl (C=O) groups is 3. The van der Waals surface area contributed by atoms with E-state index in [1.165, 1.54) is 18.3 Å². The monoisotopic (exact) mass is 385 g/mol. The number of amides is 3. The maximum absolute atomic E-state index is 12.7. The summed E-state index contributed by atoms with van der Waals surface area (Å²) in [6.07, 6.45) is 4.91. The van der Waals surface area contributed by atoms with Crippen molar-refractivity contribution in [1.29, 1.82) is 0 Å². The minimum absolute atomic E-state index is 0.250. The predicted octanol–water partition coefficient (Wildman–Crippen LogP) is 3.36. The molecule has 0 radical (unpaired) electrons. The van der Waals surface area contributed by atoms with Crippen molar-refractivity contribution in [2.75, 3.05) is 5.32 Å². The van der Waals surface area contributed by atoms with E-state index in [2.05, 4.69) is 16.2 Å². The molecule has 1 aromatic heterocycles. The largest absolute Gasteiger partial charge is 0.313 e. The van der Waals surface area contributed by atoms with Crippen LogP contribution in [0.25, 0.3) is 0 Å². The van der Waals surface area contributed by atoms with Crippen molar-refractivity contribution in [3.63, 3.8) is 0 Å². The number of aryl methyl sites for hydroxylation is 2. The van der Waals surface area contributed by atoms with Gasteiger partial charge in [0, 0.05) is 17.4 Å². The number of thiophene rings is 1. The third-order valence-electron chi connectivity index (χ3n) is 4.54. The minimum Gasteiger partial charge on any atom is -0.313 e. The van der Waals surface area contributed by atoms with Gasteiger partial charge in [-0.2, -0.15) is 0 Å². The highest BCUT2D eigenvalue weighted by atomic mass is 32.1. The first-order chi connectivity index (χ1) is 13.0. The summed E-state index contributed by atoms with van der Waals surface area (Å²) in [5.74, 6) is -1.00. The summed E-state index contributed by atoms with van der Waals surface area (Å²) < 4.78 is 0. The highest BCUT2D eigenvalue weighted by Crippen LogP contribution is 2.37. The van der Waals surface area contributed by atoms with Gasteiger partial charge in [0.1, 0.15) is 5.00 Å². The van der Waals surface area contributed by atoms with E-state index in [1.54, 1.807) is 12.1 Å². The second-order valence-corrected chi connectivity index (χ2v) is 7.83. The van der Waals surface area contributed by atoms with Gasteiger partial charge < -0.3 is 5.32 Å². The first-order valence-electron chi connectivity index (χ1n) is 9.05. The quantitative estimate of drug-likeness (QED) is 0.559. The summed E-state index contributed by atoms with van der Waals surface area (Å²) in [6.45, 7) is 3.29. The number of rotatable bonds is 3. The van der Waals surface area contributed by atoms with Crippen LogP contribution in [0.4, 0.5) is 5.00 Å². The Bertz CT molecular complexity index is 871. The Balaban J connectivity index is 1.91. The molecule has 3 rings (SSSR count). The standard InChI is InChI=1S/C20H23N3O3S/c1-12-8-10-14(11-9-12)18(25)21-20-17(19(26)23-22-13(2)24)15-6-4-3-5-7-16(15)27-20/h8-11H,3-7H2,1-2H3,(H,21,25)(H,22,24)(H,23,26). The van der Waals surface area contributed by atoms with Gasteiger partial charge in [0.15, 0.2) is 0 Å². The zero-order valence-corrected chi connectivity index (χ0v) is 16.3. The highest BCUT2D eigenvalue weighted by molar-refractivity contribution is 7.17. The van der Waals surface area contributed by atoms with Gasteiger partial charge in [-0.1, -0.05) is 24.1 Å². The average Bonchev–Trinajstić information content (AvgIpc) is 2.81. The van der Waals surface area contributed by atoms with Crippen LogP contribution in [0.15, 0.2) is 24.3 Å². The number of hydrogen-bond donors (Lipinski definition) is 3. The zero-order valence-electron chi connectivity index (χ0n) is 15.5. The Kier molecular flexibility index (Phi) is 5.91. The van der Waals surface area contributed by atoms with Crippen LogP contribution in [0.1, 0.15) is 62.9 Å². The first kappa shape index (κ1) is 19.1. The fourth-order valence-electron chi connectivity index (χ4n) is 3.16. The molecule has 7 heteroatoms. The highest BCUT2D eigenvalue weighted by Gasteiger charge is 2.26. The Morgan fingerprint density at radius 1 is 0.926 bits per heavy atom. The van der Waals surface area contributed by atoms with E-state index in [9.17, 15) is 14.4 Å². The van der Waals surface area contributed by atoms with E-state index in [-0.39, 0.29) is 11.8 Å². The lowest BCUT2D eigenvalue weighted by Crippen LogP contribution is -2.40. The van der Waals surface area contributed by atoms with Crippen molar-refractivity contribution in [2.45, 2.75) is 46.0 Å². The van der Waals surface area contributed by atoms with E-state index >= 15 is 0 Å². The summed E-state index contributed by atoms with van der Waals surface area (Å²) in [5, 5.41) is 3.44. The molecule has 0 saturated heterocycles. The van der Waals surface area contributed by atoms with Gasteiger partial charge in [0.25, 0.3) is 11.8 Å². The van der Waals surface area contributed by atoms with Gasteiger partial charge in [-0.25, -0.2) is 0 Å². The van der Waals surface area contributed by atoms with E-state index in [1.807, 2.05) is 19.1 Å². The Labute approximate surface area is 162 Å². The zero-order chi connectivity index (χ0) is 19.4. The molecule has 0 unspecified atom stereocenters. The average molecular weight is 385 g/mol. The molecule has 1 heterocycles. The SMILES string of the molecule is CC(=O)NNC(=O)c1c(NC(=O)c2ccc(C)cc2)sc2c1CCCCC2. The van der Waals surface area contributed by atoms with Crippen LogP contribution in [-0.2, 0) is 17.6 Å². The van der Waals surface area contributed by atoms with Gasteiger partial charge in [0.05, 0.1) is 5.56 Å². The van der Waals surface area contributed by atoms with Crippen LogP contribution in [-0.4, -0.2) is 17.7 Å². The molecule has 0 fully saturated rings. The number of fused-ring (bicyclic) bond motifs is 1.